The van der Waals surface area contributed by atoms with E-state index in [1.807, 2.05) is 0 Å². The van der Waals surface area contributed by atoms with Gasteiger partial charge in [0.05, 0.1) is 12.5 Å². The van der Waals surface area contributed by atoms with E-state index >= 15 is 0 Å². The van der Waals surface area contributed by atoms with Crippen LogP contribution in [-0.2, 0) is 9.59 Å². The normalized spacial score (nSPS) is 20.1. The largest absolute Gasteiger partial charge is 0.480 e. The van der Waals surface area contributed by atoms with Crippen LogP contribution in [0.25, 0.3) is 0 Å². The molecule has 2 N–H and O–H groups in total. The van der Waals surface area contributed by atoms with E-state index in [0.29, 0.717) is 18.5 Å². The predicted octanol–water partition coefficient (Wildman–Crippen LogP) is 1.71. The summed E-state index contributed by atoms with van der Waals surface area (Å²) in [5.74, 6) is -1.93. The number of hydrogen-bond donors (Lipinski definition) is 2. The van der Waals surface area contributed by atoms with Crippen molar-refractivity contribution < 1.29 is 24.2 Å². The average molecular weight is 295 g/mol. The standard InChI is InChI=1S/C15H18FNO4/c16-11-5-3-4-10(8-11)13(18)9-14(19)17-7-2-1-6-12(17)15(20)21/h3-5,8,12-13,18H,1-2,6-7,9H2,(H,20,21)/t12-,13-/m1/s1. The molecule has 5 nitrogen and oxygen atoms in total. The van der Waals surface area contributed by atoms with E-state index in [-0.39, 0.29) is 6.42 Å². The fourth-order valence-corrected chi connectivity index (χ4v) is 2.60. The molecule has 0 bridgehead atoms. The molecule has 0 radical (unpaired) electrons. The molecule has 21 heavy (non-hydrogen) atoms. The Labute approximate surface area is 122 Å². The zero-order chi connectivity index (χ0) is 15.4. The summed E-state index contributed by atoms with van der Waals surface area (Å²) in [5.41, 5.74) is 0.312. The van der Waals surface area contributed by atoms with Gasteiger partial charge in [-0.05, 0) is 37.0 Å². The van der Waals surface area contributed by atoms with Gasteiger partial charge in [-0.15, -0.1) is 0 Å². The molecule has 1 aromatic rings. The maximum Gasteiger partial charge on any atom is 0.326 e. The molecule has 0 aromatic heterocycles. The van der Waals surface area contributed by atoms with Crippen molar-refractivity contribution in [2.24, 2.45) is 0 Å². The predicted molar refractivity (Wildman–Crippen MR) is 73.0 cm³/mol. The number of amides is 1. The molecule has 0 unspecified atom stereocenters. The molecule has 114 valence electrons. The second kappa shape index (κ2) is 6.67. The van der Waals surface area contributed by atoms with Gasteiger partial charge >= 0.3 is 5.97 Å². The molecule has 1 saturated heterocycles. The number of piperidine rings is 1. The Morgan fingerprint density at radius 3 is 2.81 bits per heavy atom. The van der Waals surface area contributed by atoms with Gasteiger partial charge in [0, 0.05) is 6.54 Å². The number of nitrogens with zero attached hydrogens (tertiary/aromatic N) is 1. The van der Waals surface area contributed by atoms with Crippen LogP contribution in [0.5, 0.6) is 0 Å². The van der Waals surface area contributed by atoms with Crippen LogP contribution in [0.3, 0.4) is 0 Å². The Morgan fingerprint density at radius 1 is 1.38 bits per heavy atom. The lowest BCUT2D eigenvalue weighted by Gasteiger charge is -2.33. The lowest BCUT2D eigenvalue weighted by molar-refractivity contribution is -0.153. The Kier molecular flexibility index (Phi) is 4.90. The number of benzene rings is 1. The summed E-state index contributed by atoms with van der Waals surface area (Å²) in [6, 6.07) is 4.59. The number of halogens is 1. The number of carboxylic acids is 1. The second-order valence-corrected chi connectivity index (χ2v) is 5.21. The van der Waals surface area contributed by atoms with Gasteiger partial charge in [-0.25, -0.2) is 9.18 Å². The fourth-order valence-electron chi connectivity index (χ4n) is 2.60. The van der Waals surface area contributed by atoms with Gasteiger partial charge in [0.15, 0.2) is 0 Å². The molecule has 0 aliphatic carbocycles. The van der Waals surface area contributed by atoms with Gasteiger partial charge in [0.1, 0.15) is 11.9 Å². The quantitative estimate of drug-likeness (QED) is 0.886. The second-order valence-electron chi connectivity index (χ2n) is 5.21. The number of carbonyl (C=O) groups is 2. The lowest BCUT2D eigenvalue weighted by Crippen LogP contribution is -2.48. The zero-order valence-electron chi connectivity index (χ0n) is 11.5. The molecule has 1 amide bonds. The van der Waals surface area contributed by atoms with Crippen molar-refractivity contribution in [2.45, 2.75) is 37.8 Å². The van der Waals surface area contributed by atoms with Crippen molar-refractivity contribution in [3.8, 4) is 0 Å². The third kappa shape index (κ3) is 3.78. The number of aliphatic hydroxyl groups is 1. The third-order valence-electron chi connectivity index (χ3n) is 3.71. The SMILES string of the molecule is O=C(O)[C@H]1CCCCN1C(=O)C[C@@H](O)c1cccc(F)c1. The summed E-state index contributed by atoms with van der Waals surface area (Å²) in [7, 11) is 0. The van der Waals surface area contributed by atoms with Gasteiger partial charge in [-0.1, -0.05) is 12.1 Å². The molecular weight excluding hydrogens is 277 g/mol. The van der Waals surface area contributed by atoms with Crippen molar-refractivity contribution in [1.29, 1.82) is 0 Å². The highest BCUT2D eigenvalue weighted by Gasteiger charge is 2.32. The van der Waals surface area contributed by atoms with Crippen LogP contribution in [0.2, 0.25) is 0 Å². The number of carboxylic acid groups (broad SMARTS) is 1. The summed E-state index contributed by atoms with van der Waals surface area (Å²) >= 11 is 0. The van der Waals surface area contributed by atoms with Crippen LogP contribution in [0.15, 0.2) is 24.3 Å². The Balaban J connectivity index is 2.04. The van der Waals surface area contributed by atoms with Gasteiger partial charge < -0.3 is 15.1 Å². The molecule has 2 atom stereocenters. The molecule has 0 saturated carbocycles. The lowest BCUT2D eigenvalue weighted by atomic mass is 10.00. The van der Waals surface area contributed by atoms with Crippen molar-refractivity contribution in [1.82, 2.24) is 4.90 Å². The Morgan fingerprint density at radius 2 is 2.14 bits per heavy atom. The van der Waals surface area contributed by atoms with Crippen LogP contribution in [-0.4, -0.2) is 39.6 Å². The van der Waals surface area contributed by atoms with Crippen LogP contribution in [0.1, 0.15) is 37.4 Å². The molecular formula is C15H18FNO4. The van der Waals surface area contributed by atoms with E-state index in [2.05, 4.69) is 0 Å². The number of rotatable bonds is 4. The minimum Gasteiger partial charge on any atom is -0.480 e. The summed E-state index contributed by atoms with van der Waals surface area (Å²) in [6.07, 6.45) is 0.577. The molecule has 1 aromatic carbocycles. The highest BCUT2D eigenvalue weighted by Crippen LogP contribution is 2.23. The van der Waals surface area contributed by atoms with E-state index in [1.165, 1.54) is 29.2 Å². The first-order chi connectivity index (χ1) is 9.99. The minimum atomic E-state index is -1.13. The first kappa shape index (κ1) is 15.4. The molecule has 2 rings (SSSR count). The van der Waals surface area contributed by atoms with Crippen molar-refractivity contribution in [3.63, 3.8) is 0 Å². The molecule has 1 aliphatic heterocycles. The number of hydrogen-bond acceptors (Lipinski definition) is 3. The molecule has 6 heteroatoms. The monoisotopic (exact) mass is 295 g/mol. The van der Waals surface area contributed by atoms with Gasteiger partial charge in [0.25, 0.3) is 0 Å². The zero-order valence-corrected chi connectivity index (χ0v) is 11.5. The number of aliphatic hydroxyl groups excluding tert-OH is 1. The van der Waals surface area contributed by atoms with E-state index in [0.717, 1.165) is 12.8 Å². The van der Waals surface area contributed by atoms with Gasteiger partial charge in [-0.2, -0.15) is 0 Å². The summed E-state index contributed by atoms with van der Waals surface area (Å²) in [6.45, 7) is 0.381. The van der Waals surface area contributed by atoms with Gasteiger partial charge in [0.2, 0.25) is 5.91 Å². The highest BCUT2D eigenvalue weighted by atomic mass is 19.1. The molecule has 1 heterocycles. The number of carbonyl (C=O) groups excluding carboxylic acids is 1. The van der Waals surface area contributed by atoms with E-state index in [4.69, 9.17) is 5.11 Å². The molecule has 0 spiro atoms. The van der Waals surface area contributed by atoms with E-state index < -0.39 is 29.8 Å². The van der Waals surface area contributed by atoms with Crippen LogP contribution in [0.4, 0.5) is 4.39 Å². The summed E-state index contributed by atoms with van der Waals surface area (Å²) in [4.78, 5) is 24.7. The maximum atomic E-state index is 13.1. The summed E-state index contributed by atoms with van der Waals surface area (Å²) < 4.78 is 13.1. The first-order valence-corrected chi connectivity index (χ1v) is 6.95. The Hall–Kier alpha value is -1.95. The third-order valence-corrected chi connectivity index (χ3v) is 3.71. The smallest absolute Gasteiger partial charge is 0.326 e. The maximum absolute atomic E-state index is 13.1. The fraction of sp³-hybridized carbons (Fsp3) is 0.467. The summed E-state index contributed by atoms with van der Waals surface area (Å²) in [5, 5.41) is 19.1. The van der Waals surface area contributed by atoms with Crippen LogP contribution in [0, 0.1) is 5.82 Å². The highest BCUT2D eigenvalue weighted by molar-refractivity contribution is 5.84. The van der Waals surface area contributed by atoms with Crippen LogP contribution >= 0.6 is 0 Å². The average Bonchev–Trinajstić information content (AvgIpc) is 2.47. The Bertz CT molecular complexity index is 534. The van der Waals surface area contributed by atoms with E-state index in [9.17, 15) is 19.1 Å². The number of likely N-dealkylation sites (tertiary alicyclic amines) is 1. The van der Waals surface area contributed by atoms with Crippen molar-refractivity contribution >= 4 is 11.9 Å². The molecule has 1 fully saturated rings. The first-order valence-electron chi connectivity index (χ1n) is 6.95. The molecule has 1 aliphatic rings. The van der Waals surface area contributed by atoms with Crippen LogP contribution < -0.4 is 0 Å². The minimum absolute atomic E-state index is 0.243. The topological polar surface area (TPSA) is 77.8 Å². The number of aliphatic carboxylic acids is 1. The van der Waals surface area contributed by atoms with Crippen molar-refractivity contribution in [3.05, 3.63) is 35.6 Å². The van der Waals surface area contributed by atoms with Gasteiger partial charge in [-0.3, -0.25) is 4.79 Å². The van der Waals surface area contributed by atoms with Crippen molar-refractivity contribution in [2.75, 3.05) is 6.54 Å². The van der Waals surface area contributed by atoms with E-state index in [1.54, 1.807) is 0 Å².